The Kier molecular flexibility index (Phi) is 4.64. The molecule has 2 aromatic carbocycles. The van der Waals surface area contributed by atoms with E-state index < -0.39 is 0 Å². The van der Waals surface area contributed by atoms with Gasteiger partial charge >= 0.3 is 0 Å². The molecule has 0 spiro atoms. The lowest BCUT2D eigenvalue weighted by molar-refractivity contribution is 0.467. The molecule has 0 amide bonds. The van der Waals surface area contributed by atoms with Gasteiger partial charge in [-0.05, 0) is 28.3 Å². The average Bonchev–Trinajstić information content (AvgIpc) is 2.57. The molecule has 0 saturated carbocycles. The predicted octanol–water partition coefficient (Wildman–Crippen LogP) is 5.27. The van der Waals surface area contributed by atoms with Crippen molar-refractivity contribution < 1.29 is 10.2 Å². The van der Waals surface area contributed by atoms with Gasteiger partial charge in [0.05, 0.1) is 6.26 Å². The van der Waals surface area contributed by atoms with Gasteiger partial charge in [0.1, 0.15) is 5.75 Å². The standard InChI is InChI=1S/C20H18O2/c1-4-14-9-7-8-10-17(14)18(13-21)20-16(6-3)15(5-2)11-12-19(20)22/h4-13,21-22H,1-3H2/b18-13-. The molecule has 0 fully saturated rings. The van der Waals surface area contributed by atoms with Crippen molar-refractivity contribution in [3.8, 4) is 5.75 Å². The van der Waals surface area contributed by atoms with Gasteiger partial charge in [0, 0.05) is 11.1 Å². The smallest absolute Gasteiger partial charge is 0.124 e. The molecule has 2 nitrogen and oxygen atoms in total. The molecule has 2 aromatic rings. The van der Waals surface area contributed by atoms with Crippen molar-refractivity contribution in [3.05, 3.63) is 90.2 Å². The SMILES string of the molecule is C=Cc1ccccc1/C(=C/O)c1c(O)ccc(C=C)c1C=C. The summed E-state index contributed by atoms with van der Waals surface area (Å²) in [7, 11) is 0. The Hall–Kier alpha value is -3.00. The van der Waals surface area contributed by atoms with Crippen molar-refractivity contribution in [3.63, 3.8) is 0 Å². The fraction of sp³-hybridized carbons (Fsp3) is 0. The Labute approximate surface area is 130 Å². The maximum Gasteiger partial charge on any atom is 0.124 e. The summed E-state index contributed by atoms with van der Waals surface area (Å²) < 4.78 is 0. The Balaban J connectivity index is 2.80. The van der Waals surface area contributed by atoms with Crippen molar-refractivity contribution in [2.45, 2.75) is 0 Å². The highest BCUT2D eigenvalue weighted by Crippen LogP contribution is 2.37. The zero-order valence-corrected chi connectivity index (χ0v) is 12.3. The topological polar surface area (TPSA) is 40.5 Å². The summed E-state index contributed by atoms with van der Waals surface area (Å²) in [6.07, 6.45) is 6.04. The third kappa shape index (κ3) is 2.59. The summed E-state index contributed by atoms with van der Waals surface area (Å²) in [5.74, 6) is 0.0691. The molecule has 2 N–H and O–H groups in total. The second kappa shape index (κ2) is 6.64. The molecule has 110 valence electrons. The maximum absolute atomic E-state index is 10.3. The van der Waals surface area contributed by atoms with E-state index in [0.717, 1.165) is 23.0 Å². The highest BCUT2D eigenvalue weighted by molar-refractivity contribution is 5.91. The van der Waals surface area contributed by atoms with E-state index in [0.29, 0.717) is 16.7 Å². The summed E-state index contributed by atoms with van der Waals surface area (Å²) in [6, 6.07) is 10.9. The van der Waals surface area contributed by atoms with E-state index in [1.807, 2.05) is 24.3 Å². The van der Waals surface area contributed by atoms with Gasteiger partial charge in [0.2, 0.25) is 0 Å². The summed E-state index contributed by atoms with van der Waals surface area (Å²) in [6.45, 7) is 11.4. The van der Waals surface area contributed by atoms with Crippen LogP contribution in [0.15, 0.2) is 62.4 Å². The van der Waals surface area contributed by atoms with Crippen LogP contribution in [0, 0.1) is 0 Å². The maximum atomic E-state index is 10.3. The van der Waals surface area contributed by atoms with Gasteiger partial charge in [-0.3, -0.25) is 0 Å². The molecule has 0 aromatic heterocycles. The first-order valence-corrected chi connectivity index (χ1v) is 6.85. The second-order valence-electron chi connectivity index (χ2n) is 4.70. The molecule has 0 atom stereocenters. The van der Waals surface area contributed by atoms with Gasteiger partial charge < -0.3 is 10.2 Å². The van der Waals surface area contributed by atoms with Crippen LogP contribution in [0.3, 0.4) is 0 Å². The number of benzene rings is 2. The van der Waals surface area contributed by atoms with Crippen LogP contribution in [0.5, 0.6) is 5.75 Å². The summed E-state index contributed by atoms with van der Waals surface area (Å²) in [5, 5.41) is 20.1. The van der Waals surface area contributed by atoms with Crippen LogP contribution < -0.4 is 0 Å². The van der Waals surface area contributed by atoms with Gasteiger partial charge in [0.25, 0.3) is 0 Å². The number of hydrogen-bond donors (Lipinski definition) is 2. The highest BCUT2D eigenvalue weighted by Gasteiger charge is 2.17. The normalized spacial score (nSPS) is 11.0. The van der Waals surface area contributed by atoms with E-state index in [4.69, 9.17) is 0 Å². The minimum Gasteiger partial charge on any atom is -0.515 e. The number of phenols is 1. The van der Waals surface area contributed by atoms with Crippen LogP contribution in [-0.2, 0) is 0 Å². The summed E-state index contributed by atoms with van der Waals surface area (Å²) in [5.41, 5.74) is 4.21. The Morgan fingerprint density at radius 3 is 2.14 bits per heavy atom. The molecule has 2 heteroatoms. The van der Waals surface area contributed by atoms with Crippen LogP contribution in [0.1, 0.15) is 27.8 Å². The molecule has 0 saturated heterocycles. The van der Waals surface area contributed by atoms with Crippen molar-refractivity contribution in [1.82, 2.24) is 0 Å². The lowest BCUT2D eigenvalue weighted by atomic mass is 9.89. The first kappa shape index (κ1) is 15.4. The number of aliphatic hydroxyl groups is 1. The van der Waals surface area contributed by atoms with Crippen molar-refractivity contribution >= 4 is 23.8 Å². The van der Waals surface area contributed by atoms with Gasteiger partial charge in [-0.15, -0.1) is 0 Å². The van der Waals surface area contributed by atoms with Crippen LogP contribution in [0.2, 0.25) is 0 Å². The van der Waals surface area contributed by atoms with E-state index in [9.17, 15) is 10.2 Å². The second-order valence-corrected chi connectivity index (χ2v) is 4.70. The van der Waals surface area contributed by atoms with Gasteiger partial charge in [-0.2, -0.15) is 0 Å². The molecular formula is C20H18O2. The van der Waals surface area contributed by atoms with Gasteiger partial charge in [0.15, 0.2) is 0 Å². The minimum absolute atomic E-state index is 0.0691. The third-order valence-electron chi connectivity index (χ3n) is 3.55. The van der Waals surface area contributed by atoms with E-state index in [1.54, 1.807) is 30.4 Å². The average molecular weight is 290 g/mol. The fourth-order valence-corrected chi connectivity index (χ4v) is 2.49. The van der Waals surface area contributed by atoms with Gasteiger partial charge in [-0.25, -0.2) is 0 Å². The van der Waals surface area contributed by atoms with Crippen molar-refractivity contribution in [2.75, 3.05) is 0 Å². The molecule has 0 aliphatic rings. The number of rotatable bonds is 5. The molecule has 0 aliphatic heterocycles. The van der Waals surface area contributed by atoms with E-state index in [2.05, 4.69) is 19.7 Å². The molecular weight excluding hydrogens is 272 g/mol. The molecule has 0 aliphatic carbocycles. The third-order valence-corrected chi connectivity index (χ3v) is 3.55. The Bertz CT molecular complexity index is 767. The van der Waals surface area contributed by atoms with Gasteiger partial charge in [-0.1, -0.05) is 68.3 Å². The quantitative estimate of drug-likeness (QED) is 0.736. The van der Waals surface area contributed by atoms with Crippen LogP contribution in [0.4, 0.5) is 0 Å². The monoisotopic (exact) mass is 290 g/mol. The van der Waals surface area contributed by atoms with Crippen LogP contribution >= 0.6 is 0 Å². The van der Waals surface area contributed by atoms with Crippen molar-refractivity contribution in [2.24, 2.45) is 0 Å². The molecule has 0 bridgehead atoms. The number of aromatic hydroxyl groups is 1. The first-order valence-electron chi connectivity index (χ1n) is 6.85. The zero-order valence-electron chi connectivity index (χ0n) is 12.3. The summed E-state index contributed by atoms with van der Waals surface area (Å²) >= 11 is 0. The highest BCUT2D eigenvalue weighted by atomic mass is 16.3. The zero-order chi connectivity index (χ0) is 16.1. The predicted molar refractivity (Wildman–Crippen MR) is 94.5 cm³/mol. The van der Waals surface area contributed by atoms with E-state index in [-0.39, 0.29) is 5.75 Å². The lowest BCUT2D eigenvalue weighted by Crippen LogP contribution is -1.97. The van der Waals surface area contributed by atoms with Crippen LogP contribution in [0.25, 0.3) is 23.8 Å². The molecule has 2 rings (SSSR count). The number of hydrogen-bond acceptors (Lipinski definition) is 2. The van der Waals surface area contributed by atoms with Crippen molar-refractivity contribution in [1.29, 1.82) is 0 Å². The number of aliphatic hydroxyl groups excluding tert-OH is 1. The fourth-order valence-electron chi connectivity index (χ4n) is 2.49. The van der Waals surface area contributed by atoms with Crippen LogP contribution in [-0.4, -0.2) is 10.2 Å². The van der Waals surface area contributed by atoms with E-state index >= 15 is 0 Å². The molecule has 0 heterocycles. The summed E-state index contributed by atoms with van der Waals surface area (Å²) in [4.78, 5) is 0. The lowest BCUT2D eigenvalue weighted by Gasteiger charge is -2.16. The van der Waals surface area contributed by atoms with E-state index in [1.165, 1.54) is 0 Å². The largest absolute Gasteiger partial charge is 0.515 e. The Morgan fingerprint density at radius 2 is 1.55 bits per heavy atom. The number of phenolic OH excluding ortho intramolecular Hbond substituents is 1. The molecule has 0 radical (unpaired) electrons. The minimum atomic E-state index is 0.0691. The molecule has 0 unspecified atom stereocenters. The molecule has 22 heavy (non-hydrogen) atoms. The Morgan fingerprint density at radius 1 is 0.864 bits per heavy atom. The first-order chi connectivity index (χ1) is 10.7.